The van der Waals surface area contributed by atoms with Gasteiger partial charge in [0.2, 0.25) is 10.0 Å². The molecule has 0 amide bonds. The predicted molar refractivity (Wildman–Crippen MR) is 75.6 cm³/mol. The first-order valence-electron chi connectivity index (χ1n) is 6.09. The van der Waals surface area contributed by atoms with Gasteiger partial charge in [0.1, 0.15) is 11.3 Å². The first kappa shape index (κ1) is 17.4. The van der Waals surface area contributed by atoms with Gasteiger partial charge in [-0.2, -0.15) is 4.31 Å². The number of methoxy groups -OCH3 is 1. The third kappa shape index (κ3) is 4.16. The van der Waals surface area contributed by atoms with Crippen LogP contribution in [-0.2, 0) is 14.8 Å². The Hall–Kier alpha value is -1.64. The second-order valence-corrected chi connectivity index (χ2v) is 7.29. The smallest absolute Gasteiger partial charge is 0.341 e. The Morgan fingerprint density at radius 3 is 2.43 bits per heavy atom. The third-order valence-electron chi connectivity index (χ3n) is 2.69. The van der Waals surface area contributed by atoms with Crippen LogP contribution in [0, 0.1) is 0 Å². The van der Waals surface area contributed by atoms with Gasteiger partial charge in [-0.15, -0.1) is 0 Å². The van der Waals surface area contributed by atoms with Crippen LogP contribution in [0.1, 0.15) is 24.2 Å². The van der Waals surface area contributed by atoms with Crippen LogP contribution in [0.3, 0.4) is 0 Å². The second kappa shape index (κ2) is 6.00. The minimum Gasteiger partial charge on any atom is -0.507 e. The van der Waals surface area contributed by atoms with E-state index in [0.717, 1.165) is 23.5 Å². The van der Waals surface area contributed by atoms with Gasteiger partial charge in [0.25, 0.3) is 0 Å². The van der Waals surface area contributed by atoms with Gasteiger partial charge in [-0.3, -0.25) is 0 Å². The molecule has 0 aliphatic heterocycles. The molecule has 0 aliphatic carbocycles. The summed E-state index contributed by atoms with van der Waals surface area (Å²) in [5.41, 5.74) is -1.44. The third-order valence-corrected chi connectivity index (χ3v) is 4.49. The molecule has 1 aromatic carbocycles. The summed E-state index contributed by atoms with van der Waals surface area (Å²) in [5, 5.41) is 19.3. The molecule has 0 saturated heterocycles. The van der Waals surface area contributed by atoms with E-state index in [1.807, 2.05) is 0 Å². The summed E-state index contributed by atoms with van der Waals surface area (Å²) >= 11 is 0. The van der Waals surface area contributed by atoms with E-state index in [-0.39, 0.29) is 22.8 Å². The molecule has 0 aromatic heterocycles. The molecule has 0 saturated carbocycles. The van der Waals surface area contributed by atoms with Gasteiger partial charge in [0, 0.05) is 13.6 Å². The number of aromatic hydroxyl groups is 1. The lowest BCUT2D eigenvalue weighted by Gasteiger charge is -2.25. The first-order valence-corrected chi connectivity index (χ1v) is 7.53. The molecule has 0 aliphatic rings. The molecule has 7 nitrogen and oxygen atoms in total. The van der Waals surface area contributed by atoms with Crippen LogP contribution in [0.5, 0.6) is 5.75 Å². The number of carbonyl (C=O) groups excluding carboxylic acids is 1. The van der Waals surface area contributed by atoms with Crippen molar-refractivity contribution in [2.24, 2.45) is 0 Å². The Labute approximate surface area is 123 Å². The SMILES string of the molecule is COC(=O)c1cc(S(=O)(=O)N(C)CC(C)(C)O)ccc1O. The fourth-order valence-electron chi connectivity index (χ4n) is 1.76. The minimum absolute atomic E-state index is 0.121. The van der Waals surface area contributed by atoms with Crippen molar-refractivity contribution in [3.8, 4) is 5.75 Å². The zero-order chi connectivity index (χ0) is 16.4. The van der Waals surface area contributed by atoms with Crippen molar-refractivity contribution in [3.05, 3.63) is 23.8 Å². The topological polar surface area (TPSA) is 104 Å². The minimum atomic E-state index is -3.90. The van der Waals surface area contributed by atoms with E-state index in [1.54, 1.807) is 0 Å². The van der Waals surface area contributed by atoms with Crippen molar-refractivity contribution in [3.63, 3.8) is 0 Å². The second-order valence-electron chi connectivity index (χ2n) is 5.24. The first-order chi connectivity index (χ1) is 9.49. The molecular formula is C13H19NO6S. The Balaban J connectivity index is 3.24. The summed E-state index contributed by atoms with van der Waals surface area (Å²) in [7, 11) is -1.45. The van der Waals surface area contributed by atoms with Crippen LogP contribution in [0.4, 0.5) is 0 Å². The number of aliphatic hydroxyl groups is 1. The Morgan fingerprint density at radius 2 is 1.95 bits per heavy atom. The van der Waals surface area contributed by atoms with Crippen LogP contribution in [0.15, 0.2) is 23.1 Å². The van der Waals surface area contributed by atoms with Gasteiger partial charge in [-0.1, -0.05) is 0 Å². The van der Waals surface area contributed by atoms with E-state index < -0.39 is 21.6 Å². The lowest BCUT2D eigenvalue weighted by molar-refractivity contribution is 0.0595. The van der Waals surface area contributed by atoms with Gasteiger partial charge >= 0.3 is 5.97 Å². The van der Waals surface area contributed by atoms with E-state index in [2.05, 4.69) is 4.74 Å². The van der Waals surface area contributed by atoms with E-state index in [1.165, 1.54) is 27.0 Å². The molecule has 0 unspecified atom stereocenters. The molecule has 0 radical (unpaired) electrons. The number of nitrogens with zero attached hydrogens (tertiary/aromatic N) is 1. The van der Waals surface area contributed by atoms with Crippen molar-refractivity contribution in [1.82, 2.24) is 4.31 Å². The Morgan fingerprint density at radius 1 is 1.38 bits per heavy atom. The number of hydrogen-bond donors (Lipinski definition) is 2. The molecule has 0 spiro atoms. The summed E-state index contributed by atoms with van der Waals surface area (Å²) in [6, 6.07) is 3.33. The van der Waals surface area contributed by atoms with E-state index >= 15 is 0 Å². The Kier molecular flexibility index (Phi) is 4.98. The maximum atomic E-state index is 12.4. The quantitative estimate of drug-likeness (QED) is 0.769. The fraction of sp³-hybridized carbons (Fsp3) is 0.462. The summed E-state index contributed by atoms with van der Waals surface area (Å²) < 4.78 is 30.2. The van der Waals surface area contributed by atoms with Gasteiger partial charge in [-0.05, 0) is 32.0 Å². The highest BCUT2D eigenvalue weighted by atomic mass is 32.2. The van der Waals surface area contributed by atoms with Gasteiger partial charge in [0.15, 0.2) is 0 Å². The summed E-state index contributed by atoms with van der Waals surface area (Å²) in [5.74, 6) is -1.21. The maximum Gasteiger partial charge on any atom is 0.341 e. The van der Waals surface area contributed by atoms with Crippen molar-refractivity contribution >= 4 is 16.0 Å². The molecule has 0 bridgehead atoms. The number of rotatable bonds is 5. The lowest BCUT2D eigenvalue weighted by atomic mass is 10.1. The van der Waals surface area contributed by atoms with Crippen LogP contribution in [0.2, 0.25) is 0 Å². The molecule has 2 N–H and O–H groups in total. The number of likely N-dealkylation sites (N-methyl/N-ethyl adjacent to an activating group) is 1. The molecule has 8 heteroatoms. The van der Waals surface area contributed by atoms with Crippen LogP contribution in [0.25, 0.3) is 0 Å². The summed E-state index contributed by atoms with van der Waals surface area (Å²) in [6.45, 7) is 2.84. The van der Waals surface area contributed by atoms with Crippen molar-refractivity contribution in [2.45, 2.75) is 24.3 Å². The number of hydrogen-bond acceptors (Lipinski definition) is 6. The zero-order valence-electron chi connectivity index (χ0n) is 12.3. The van der Waals surface area contributed by atoms with Crippen LogP contribution >= 0.6 is 0 Å². The largest absolute Gasteiger partial charge is 0.507 e. The number of ether oxygens (including phenoxy) is 1. The molecule has 0 atom stereocenters. The van der Waals surface area contributed by atoms with E-state index in [4.69, 9.17) is 0 Å². The van der Waals surface area contributed by atoms with Crippen molar-refractivity contribution in [2.75, 3.05) is 20.7 Å². The predicted octanol–water partition coefficient (Wildman–Crippen LogP) is 0.570. The number of benzene rings is 1. The van der Waals surface area contributed by atoms with Gasteiger partial charge < -0.3 is 14.9 Å². The number of phenolic OH excluding ortho intramolecular Hbond substituents is 1. The monoisotopic (exact) mass is 317 g/mol. The number of sulfonamides is 1. The fourth-order valence-corrected chi connectivity index (χ4v) is 3.11. The standard InChI is InChI=1S/C13H19NO6S/c1-13(2,17)8-14(3)21(18,19)9-5-6-11(15)10(7-9)12(16)20-4/h5-7,15,17H,8H2,1-4H3. The highest BCUT2D eigenvalue weighted by molar-refractivity contribution is 7.89. The average Bonchev–Trinajstić information content (AvgIpc) is 2.36. The van der Waals surface area contributed by atoms with Crippen LogP contribution in [-0.4, -0.2) is 55.2 Å². The van der Waals surface area contributed by atoms with Gasteiger partial charge in [0.05, 0.1) is 17.6 Å². The van der Waals surface area contributed by atoms with E-state index in [9.17, 15) is 23.4 Å². The molecular weight excluding hydrogens is 298 g/mol. The van der Waals surface area contributed by atoms with Gasteiger partial charge in [-0.25, -0.2) is 13.2 Å². The molecule has 1 rings (SSSR count). The molecule has 0 fully saturated rings. The van der Waals surface area contributed by atoms with Crippen LogP contribution < -0.4 is 0 Å². The normalized spacial score (nSPS) is 12.5. The van der Waals surface area contributed by atoms with Crippen molar-refractivity contribution in [1.29, 1.82) is 0 Å². The summed E-state index contributed by atoms with van der Waals surface area (Å²) in [6.07, 6.45) is 0. The molecule has 1 aromatic rings. The molecule has 21 heavy (non-hydrogen) atoms. The maximum absolute atomic E-state index is 12.4. The molecule has 0 heterocycles. The average molecular weight is 317 g/mol. The summed E-state index contributed by atoms with van der Waals surface area (Å²) in [4.78, 5) is 11.3. The molecule has 118 valence electrons. The van der Waals surface area contributed by atoms with Crippen molar-refractivity contribution < 1.29 is 28.2 Å². The number of phenols is 1. The number of carbonyl (C=O) groups is 1. The zero-order valence-corrected chi connectivity index (χ0v) is 13.1. The number of esters is 1. The lowest BCUT2D eigenvalue weighted by Crippen LogP contribution is -2.39. The highest BCUT2D eigenvalue weighted by Gasteiger charge is 2.27. The highest BCUT2D eigenvalue weighted by Crippen LogP contribution is 2.24. The Bertz CT molecular complexity index is 633. The van der Waals surface area contributed by atoms with E-state index in [0.29, 0.717) is 0 Å².